The van der Waals surface area contributed by atoms with Gasteiger partial charge in [-0.3, -0.25) is 82.2 Å². The number of nitrogens with one attached hydrogen (secondary N) is 11. The van der Waals surface area contributed by atoms with Crippen LogP contribution in [-0.2, 0) is 107 Å². The molecule has 11 amide bonds. The van der Waals surface area contributed by atoms with E-state index in [2.05, 4.69) is 52.8 Å². The van der Waals surface area contributed by atoms with E-state index in [0.717, 1.165) is 47.0 Å². The molecule has 5 aromatic rings. The number of hydrogen-bond donors (Lipinski definition) is 17. The first-order valence-electron chi connectivity index (χ1n) is 47.0. The van der Waals surface area contributed by atoms with Crippen LogP contribution < -0.4 is 70.8 Å². The molecule has 1 aromatic heterocycles. The van der Waals surface area contributed by atoms with Gasteiger partial charge in [0.2, 0.25) is 65.2 Å². The lowest BCUT2D eigenvalue weighted by Crippen LogP contribution is -2.82. The van der Waals surface area contributed by atoms with E-state index in [1.54, 1.807) is 69.4 Å². The Kier molecular flexibility index (Phi) is 37.5. The first-order valence-corrected chi connectivity index (χ1v) is 48.0. The molecule has 2 saturated carbocycles. The van der Waals surface area contributed by atoms with E-state index in [-0.39, 0.29) is 79.5 Å². The Morgan fingerprint density at radius 2 is 1.24 bits per heavy atom. The van der Waals surface area contributed by atoms with Crippen LogP contribution >= 0.6 is 11.8 Å². The van der Waals surface area contributed by atoms with Crippen LogP contribution in [0.3, 0.4) is 0 Å². The van der Waals surface area contributed by atoms with Crippen molar-refractivity contribution in [3.05, 3.63) is 155 Å². The van der Waals surface area contributed by atoms with E-state index in [0.29, 0.717) is 19.3 Å². The zero-order valence-electron chi connectivity index (χ0n) is 80.3. The quantitative estimate of drug-likeness (QED) is 0.00504. The smallest absolute Gasteiger partial charge is 0.350 e. The summed E-state index contributed by atoms with van der Waals surface area (Å²) in [6.45, 7) is 13.8. The predicted molar refractivity (Wildman–Crippen MR) is 509 cm³/mol. The fourth-order valence-electron chi connectivity index (χ4n) is 19.0. The Morgan fingerprint density at radius 3 is 1.81 bits per heavy atom. The molecule has 2 aliphatic heterocycles. The lowest BCUT2D eigenvalue weighted by Gasteiger charge is -2.67. The second-order valence-electron chi connectivity index (χ2n) is 37.0. The van der Waals surface area contributed by atoms with Crippen LogP contribution in [0.5, 0.6) is 0 Å². The maximum absolute atomic E-state index is 16.1. The molecule has 2 bridgehead atoms. The number of carbonyl (C=O) groups excluding carboxylic acids is 17. The number of rotatable bonds is 47. The van der Waals surface area contributed by atoms with E-state index in [9.17, 15) is 82.1 Å². The van der Waals surface area contributed by atoms with Gasteiger partial charge < -0.3 is 114 Å². The fourth-order valence-corrected chi connectivity index (χ4v) is 20.1. The van der Waals surface area contributed by atoms with E-state index < -0.39 is 288 Å². The summed E-state index contributed by atoms with van der Waals surface area (Å²) in [7, 11) is 1.43. The Hall–Kier alpha value is -13.0. The number of carbonyl (C=O) groups is 17. The third-order valence-corrected chi connectivity index (χ3v) is 28.7. The number of unbranched alkanes of at least 4 members (excludes halogenated alkanes) is 1. The highest BCUT2D eigenvalue weighted by molar-refractivity contribution is 8.00. The normalized spacial score (nSPS) is 23.5. The van der Waals surface area contributed by atoms with Gasteiger partial charge in [-0.05, 0) is 123 Å². The number of nitrogens with zero attached hydrogens (tertiary/aromatic N) is 1. The van der Waals surface area contributed by atoms with Crippen molar-refractivity contribution in [2.24, 2.45) is 51.5 Å². The van der Waals surface area contributed by atoms with Crippen LogP contribution in [0, 0.1) is 34.0 Å². The lowest BCUT2D eigenvalue weighted by molar-refractivity contribution is -0.346. The molecule has 5 aliphatic rings. The topological polar surface area (TPSA) is 641 Å². The second kappa shape index (κ2) is 48.2. The molecular weight excluding hydrogens is 1830 g/mol. The Labute approximate surface area is 814 Å². The molecule has 3 aliphatic carbocycles. The molecule has 21 N–H and O–H groups in total. The molecule has 21 atom stereocenters. The van der Waals surface area contributed by atoms with Gasteiger partial charge in [-0.2, -0.15) is 0 Å². The third kappa shape index (κ3) is 25.4. The number of ketones is 1. The van der Waals surface area contributed by atoms with Gasteiger partial charge in [0.15, 0.2) is 23.4 Å². The highest BCUT2D eigenvalue weighted by Crippen LogP contribution is 2.65. The summed E-state index contributed by atoms with van der Waals surface area (Å²) in [5.74, 6) is -19.6. The molecule has 3 heterocycles. The zero-order valence-corrected chi connectivity index (χ0v) is 81.1. The molecular formula is C98H130N16O25S. The number of aliphatic hydroxyl groups excluding tert-OH is 1. The zero-order chi connectivity index (χ0) is 103. The van der Waals surface area contributed by atoms with Gasteiger partial charge in [-0.15, -0.1) is 11.8 Å². The average Bonchev–Trinajstić information content (AvgIpc) is 0.703. The van der Waals surface area contributed by atoms with Gasteiger partial charge in [0, 0.05) is 99.9 Å². The Morgan fingerprint density at radius 1 is 0.671 bits per heavy atom. The second-order valence-corrected chi connectivity index (χ2v) is 38.3. The van der Waals surface area contributed by atoms with E-state index in [1.165, 1.54) is 83.3 Å². The highest BCUT2D eigenvalue weighted by atomic mass is 32.2. The molecule has 42 heteroatoms. The Balaban J connectivity index is 0.850. The van der Waals surface area contributed by atoms with E-state index in [4.69, 9.17) is 56.8 Å². The molecule has 758 valence electrons. The number of Topliss-reactive ketones (excluding diaryl/α,β-unsaturated/α-hetero) is 1. The van der Waals surface area contributed by atoms with Gasteiger partial charge in [0.1, 0.15) is 66.2 Å². The highest BCUT2D eigenvalue weighted by Gasteiger charge is 2.79. The number of guanidine groups is 1. The van der Waals surface area contributed by atoms with Crippen LogP contribution in [0.4, 0.5) is 0 Å². The number of imide groups is 1. The average molecular weight is 1960 g/mol. The number of likely N-dealkylation sites (tertiary alicyclic amines) is 1. The molecule has 2 saturated heterocycles. The number of benzene rings is 4. The molecule has 10 rings (SSSR count). The monoisotopic (exact) mass is 1960 g/mol. The first kappa shape index (κ1) is 109. The summed E-state index contributed by atoms with van der Waals surface area (Å²) >= 11 is 0.770. The lowest BCUT2D eigenvalue weighted by atomic mass is 9.44. The van der Waals surface area contributed by atoms with Crippen molar-refractivity contribution in [2.75, 3.05) is 39.0 Å². The van der Waals surface area contributed by atoms with Crippen molar-refractivity contribution in [3.63, 3.8) is 0 Å². The number of primary amides is 1. The number of amides is 11. The minimum atomic E-state index is -2.65. The number of H-pyrrole nitrogens is 1. The van der Waals surface area contributed by atoms with Crippen molar-refractivity contribution in [2.45, 2.75) is 261 Å². The molecule has 41 nitrogen and oxygen atoms in total. The van der Waals surface area contributed by atoms with Gasteiger partial charge >= 0.3 is 29.8 Å². The van der Waals surface area contributed by atoms with Gasteiger partial charge in [-0.1, -0.05) is 139 Å². The van der Waals surface area contributed by atoms with Crippen LogP contribution in [0.15, 0.2) is 133 Å². The van der Waals surface area contributed by atoms with Crippen molar-refractivity contribution < 1.29 is 120 Å². The van der Waals surface area contributed by atoms with Crippen LogP contribution in [0.2, 0.25) is 0 Å². The predicted octanol–water partition coefficient (Wildman–Crippen LogP) is 1.99. The molecule has 4 aromatic carbocycles. The minimum absolute atomic E-state index is 0.0139. The number of aromatic nitrogens is 1. The molecule has 0 radical (unpaired) electrons. The SMILES string of the molecule is CCC(C)[C@H](NC(=O)[C@H](CCCCN)NC(=O)[C@@H](NC(=O)[C@H](CCC(N)=O)NC(=O)[C@H](CCCNC(=N)N)NC(=O)[C@@H](N)CSC1CC(=O)N(CCC(=O)O[C@@H](C(=O)O[C@H]2C[C@@]3(O)C(OC(=O)c4ccccc4)C4[C@](C)(C(=O)[C@H](OC(C)=O)C(=C2C)C3(C)C)[C@@H](O)C[C@H]2OC[C@@]42OC(C)=O)[C@@H](NC(=O)c2ccccc2)c2ccccc2)C1=O)C(C)CC)C(=O)N[C@@H](Cc1c[nH]c2ccccc12)C(=O)NC. The summed E-state index contributed by atoms with van der Waals surface area (Å²) in [5.41, 5.74) is 16.4. The van der Waals surface area contributed by atoms with Gasteiger partial charge in [-0.25, -0.2) is 9.59 Å². The third-order valence-electron chi connectivity index (χ3n) is 27.3. The summed E-state index contributed by atoms with van der Waals surface area (Å²) < 4.78 is 37.3. The molecule has 140 heavy (non-hydrogen) atoms. The minimum Gasteiger partial charge on any atom is -0.455 e. The number of nitrogens with two attached hydrogens (primary N) is 4. The number of fused-ring (bicyclic) bond motifs is 6. The van der Waals surface area contributed by atoms with Gasteiger partial charge in [0.05, 0.1) is 47.3 Å². The molecule has 0 spiro atoms. The maximum Gasteiger partial charge on any atom is 0.350 e. The number of aliphatic hydroxyl groups is 2. The number of esters is 5. The number of para-hydroxylation sites is 1. The van der Waals surface area contributed by atoms with Gasteiger partial charge in [0.25, 0.3) is 5.91 Å². The number of likely N-dealkylation sites (N-methyl/N-ethyl adjacent to an activating group) is 1. The van der Waals surface area contributed by atoms with Crippen LogP contribution in [-0.4, -0.2) is 261 Å². The van der Waals surface area contributed by atoms with Crippen molar-refractivity contribution in [1.82, 2.24) is 57.7 Å². The Bertz CT molecular complexity index is 5440. The number of ether oxygens (including phenoxy) is 6. The summed E-state index contributed by atoms with van der Waals surface area (Å²) in [5, 5.41) is 58.3. The molecule has 5 unspecified atom stereocenters. The summed E-state index contributed by atoms with van der Waals surface area (Å²) in [6, 6.07) is 18.8. The summed E-state index contributed by atoms with van der Waals surface area (Å²) in [4.78, 5) is 249. The van der Waals surface area contributed by atoms with E-state index in [1.807, 2.05) is 31.2 Å². The number of thioether (sulfide) groups is 1. The van der Waals surface area contributed by atoms with Crippen LogP contribution in [0.25, 0.3) is 10.9 Å². The standard InChI is InChI=1S/C98H130N16O25S/c1-12-51(3)75(89(128)109-63(36-25-26-41-99)87(126)111-76(52(4)13-2)90(129)110-66(85(124)104-11)44-59-48-106-62-35-24-23-34-60(59)62)112-88(127)65(38-39-71(101)118)108-86(125)64(37-27-42-105-94(102)103)107-84(123)61(100)49-140-68-45-72(119)114(91(68)130)43-40-73(120)137-79(77(56-28-17-14-18-29-56)113-83(122)57-30-19-15-20-31-57)93(132)136-67-47-98(133)82(138-92(131)58-32-21-16-22-33-58)80-96(10,69(117)46-70-97(80,50-134-70)139-55(7)116)81(121)78(135-54(6)115)74(53(67)5)95(98,8)9/h14-24,28-35,48,51-52,61,63-70,75-80,82,106,117,133H,12-13,25-27,36-47,49-50,99-100H2,1-11H3,(H2,101,118)(H,104,124)(H,107,123)(H,108,125)(H,109,128)(H,110,129)(H,111,126)(H,112,127)(H,113,122)(H4,102,103,105)/t51?,52?,61-,63-,64-,65-,66-,67-,68?,69-,70+,75-,76-,77-,78+,79+,80?,82?,96+,97-,98+/m0/s1. The van der Waals surface area contributed by atoms with Crippen molar-refractivity contribution in [1.29, 1.82) is 5.41 Å². The van der Waals surface area contributed by atoms with E-state index >= 15 is 9.59 Å². The van der Waals surface area contributed by atoms with Crippen molar-refractivity contribution >= 4 is 129 Å². The van der Waals surface area contributed by atoms with Crippen molar-refractivity contribution in [3.8, 4) is 0 Å². The maximum atomic E-state index is 16.1. The summed E-state index contributed by atoms with van der Waals surface area (Å²) in [6.07, 6.45) is -11.3. The van der Waals surface area contributed by atoms with Crippen LogP contribution in [0.1, 0.15) is 191 Å². The number of hydrogen-bond acceptors (Lipinski definition) is 29. The first-order chi connectivity index (χ1) is 66.4. The fraction of sp³-hybridized carbons (Fsp3) is 0.531. The molecule has 4 fully saturated rings. The number of aromatic amines is 1. The largest absolute Gasteiger partial charge is 0.455 e.